The molecule has 5 nitrogen and oxygen atoms in total. The van der Waals surface area contributed by atoms with Crippen molar-refractivity contribution in [1.82, 2.24) is 9.80 Å². The fourth-order valence-electron chi connectivity index (χ4n) is 5.64. The van der Waals surface area contributed by atoms with Crippen molar-refractivity contribution in [3.63, 3.8) is 0 Å². The van der Waals surface area contributed by atoms with Gasteiger partial charge >= 0.3 is 0 Å². The quantitative estimate of drug-likeness (QED) is 0.841. The van der Waals surface area contributed by atoms with Crippen LogP contribution in [0, 0.1) is 5.92 Å². The number of hydrogen-bond donors (Lipinski definition) is 1. The van der Waals surface area contributed by atoms with Gasteiger partial charge in [-0.1, -0.05) is 30.3 Å². The van der Waals surface area contributed by atoms with Crippen LogP contribution >= 0.6 is 0 Å². The zero-order valence-electron chi connectivity index (χ0n) is 18.1. The smallest absolute Gasteiger partial charge is 0.253 e. The van der Waals surface area contributed by atoms with Gasteiger partial charge < -0.3 is 19.6 Å². The first-order valence-electron chi connectivity index (χ1n) is 10.8. The molecule has 4 atom stereocenters. The number of hydrogen-bond acceptors (Lipinski definition) is 4. The second-order valence-electron chi connectivity index (χ2n) is 8.98. The lowest BCUT2D eigenvalue weighted by atomic mass is 9.56. The van der Waals surface area contributed by atoms with Gasteiger partial charge in [0.1, 0.15) is 5.75 Å². The fraction of sp³-hybridized carbons (Fsp3) is 0.480. The van der Waals surface area contributed by atoms with Gasteiger partial charge in [0.15, 0.2) is 0 Å². The Morgan fingerprint density at radius 2 is 1.97 bits per heavy atom. The van der Waals surface area contributed by atoms with Crippen molar-refractivity contribution >= 4 is 5.91 Å². The largest absolute Gasteiger partial charge is 0.508 e. The van der Waals surface area contributed by atoms with E-state index in [1.807, 2.05) is 54.4 Å². The number of carbonyl (C=O) groups excluding carboxylic acids is 1. The maximum Gasteiger partial charge on any atom is 0.253 e. The number of methoxy groups -OCH3 is 1. The van der Waals surface area contributed by atoms with Crippen LogP contribution in [0.15, 0.2) is 54.6 Å². The molecule has 5 heteroatoms. The molecule has 1 amide bonds. The van der Waals surface area contributed by atoms with Crippen LogP contribution in [-0.4, -0.2) is 67.3 Å². The number of nitrogens with zero attached hydrogens (tertiary/aromatic N) is 2. The van der Waals surface area contributed by atoms with E-state index < -0.39 is 0 Å². The number of phenolic OH excluding ortho intramolecular Hbond substituents is 1. The highest BCUT2D eigenvalue weighted by Gasteiger charge is 2.53. The minimum Gasteiger partial charge on any atom is -0.508 e. The summed E-state index contributed by atoms with van der Waals surface area (Å²) in [5.74, 6) is 0.664. The average Bonchev–Trinajstić information content (AvgIpc) is 2.78. The molecule has 2 aromatic carbocycles. The van der Waals surface area contributed by atoms with Crippen molar-refractivity contribution in [2.24, 2.45) is 5.92 Å². The summed E-state index contributed by atoms with van der Waals surface area (Å²) in [5, 5.41) is 10.2. The summed E-state index contributed by atoms with van der Waals surface area (Å²) >= 11 is 0. The van der Waals surface area contributed by atoms with Gasteiger partial charge in [-0.25, -0.2) is 0 Å². The Balaban J connectivity index is 1.71. The van der Waals surface area contributed by atoms with Gasteiger partial charge in [0, 0.05) is 43.6 Å². The van der Waals surface area contributed by atoms with E-state index in [0.29, 0.717) is 17.2 Å². The van der Waals surface area contributed by atoms with E-state index in [1.165, 1.54) is 0 Å². The van der Waals surface area contributed by atoms with Gasteiger partial charge in [0.25, 0.3) is 5.91 Å². The Morgan fingerprint density at radius 1 is 1.20 bits per heavy atom. The summed E-state index contributed by atoms with van der Waals surface area (Å²) in [6.45, 7) is 1.95. The number of ether oxygens (including phenoxy) is 1. The molecule has 0 radical (unpaired) electrons. The van der Waals surface area contributed by atoms with Gasteiger partial charge in [-0.05, 0) is 62.7 Å². The van der Waals surface area contributed by atoms with Crippen LogP contribution in [0.4, 0.5) is 0 Å². The Labute approximate surface area is 179 Å². The van der Waals surface area contributed by atoms with Gasteiger partial charge in [-0.3, -0.25) is 4.79 Å². The van der Waals surface area contributed by atoms with Crippen molar-refractivity contribution in [3.05, 3.63) is 65.7 Å². The molecule has 2 fully saturated rings. The molecule has 1 aliphatic carbocycles. The van der Waals surface area contributed by atoms with E-state index >= 15 is 0 Å². The first-order valence-corrected chi connectivity index (χ1v) is 10.8. The minimum atomic E-state index is -0.125. The zero-order valence-corrected chi connectivity index (χ0v) is 18.1. The second-order valence-corrected chi connectivity index (χ2v) is 8.98. The van der Waals surface area contributed by atoms with Crippen LogP contribution in [0.25, 0.3) is 0 Å². The van der Waals surface area contributed by atoms with Crippen LogP contribution in [0.1, 0.15) is 35.2 Å². The molecule has 3 unspecified atom stereocenters. The van der Waals surface area contributed by atoms with Crippen LogP contribution in [-0.2, 0) is 10.2 Å². The molecule has 160 valence electrons. The predicted molar refractivity (Wildman–Crippen MR) is 118 cm³/mol. The van der Waals surface area contributed by atoms with Crippen molar-refractivity contribution in [1.29, 1.82) is 0 Å². The Morgan fingerprint density at radius 3 is 2.67 bits per heavy atom. The topological polar surface area (TPSA) is 53.0 Å². The first kappa shape index (κ1) is 20.9. The molecular weight excluding hydrogens is 376 g/mol. The van der Waals surface area contributed by atoms with Crippen molar-refractivity contribution in [3.8, 4) is 5.75 Å². The fourth-order valence-corrected chi connectivity index (χ4v) is 5.64. The third-order valence-electron chi connectivity index (χ3n) is 7.32. The predicted octanol–water partition coefficient (Wildman–Crippen LogP) is 3.53. The van der Waals surface area contributed by atoms with E-state index in [-0.39, 0.29) is 23.5 Å². The molecule has 1 aliphatic heterocycles. The SMILES string of the molecule is COC1C[C@H](N(C)C(=O)c2ccccc2)CC2(c3cccc(O)c3)CCN(C)CC12. The summed E-state index contributed by atoms with van der Waals surface area (Å²) < 4.78 is 6.02. The summed E-state index contributed by atoms with van der Waals surface area (Å²) in [6, 6.07) is 17.3. The summed E-state index contributed by atoms with van der Waals surface area (Å²) in [7, 11) is 5.86. The number of likely N-dealkylation sites (tertiary alicyclic amines) is 1. The highest BCUT2D eigenvalue weighted by Crippen LogP contribution is 2.51. The van der Waals surface area contributed by atoms with E-state index in [9.17, 15) is 9.90 Å². The van der Waals surface area contributed by atoms with Gasteiger partial charge in [0.05, 0.1) is 6.10 Å². The molecule has 2 aromatic rings. The molecule has 1 saturated carbocycles. The summed E-state index contributed by atoms with van der Waals surface area (Å²) in [5.41, 5.74) is 1.75. The van der Waals surface area contributed by atoms with Crippen molar-refractivity contribution in [2.75, 3.05) is 34.3 Å². The number of amides is 1. The molecular formula is C25H32N2O3. The third-order valence-corrected chi connectivity index (χ3v) is 7.32. The van der Waals surface area contributed by atoms with E-state index in [1.54, 1.807) is 13.2 Å². The minimum absolute atomic E-state index is 0.0490. The first-order chi connectivity index (χ1) is 14.4. The van der Waals surface area contributed by atoms with E-state index in [0.717, 1.165) is 37.9 Å². The number of rotatable bonds is 4. The number of fused-ring (bicyclic) bond motifs is 1. The Bertz CT molecular complexity index is 887. The third kappa shape index (κ3) is 3.72. The van der Waals surface area contributed by atoms with Gasteiger partial charge in [-0.2, -0.15) is 0 Å². The van der Waals surface area contributed by atoms with Crippen molar-refractivity contribution < 1.29 is 14.6 Å². The number of aromatic hydroxyl groups is 1. The molecule has 1 N–H and O–H groups in total. The number of phenols is 1. The summed E-state index contributed by atoms with van der Waals surface area (Å²) in [6.07, 6.45) is 2.75. The van der Waals surface area contributed by atoms with Crippen LogP contribution in [0.2, 0.25) is 0 Å². The molecule has 4 rings (SSSR count). The molecule has 0 bridgehead atoms. The zero-order chi connectivity index (χ0) is 21.3. The Kier molecular flexibility index (Phi) is 5.85. The van der Waals surface area contributed by atoms with Crippen molar-refractivity contribution in [2.45, 2.75) is 36.8 Å². The molecule has 0 spiro atoms. The second kappa shape index (κ2) is 8.40. The lowest BCUT2D eigenvalue weighted by Gasteiger charge is -2.56. The maximum absolute atomic E-state index is 13.2. The highest BCUT2D eigenvalue weighted by molar-refractivity contribution is 5.94. The molecule has 1 heterocycles. The number of piperidine rings is 1. The lowest BCUT2D eigenvalue weighted by Crippen LogP contribution is -2.61. The lowest BCUT2D eigenvalue weighted by molar-refractivity contribution is -0.0751. The van der Waals surface area contributed by atoms with E-state index in [2.05, 4.69) is 18.0 Å². The van der Waals surface area contributed by atoms with Gasteiger partial charge in [-0.15, -0.1) is 0 Å². The normalized spacial score (nSPS) is 29.2. The average molecular weight is 409 g/mol. The molecule has 30 heavy (non-hydrogen) atoms. The highest BCUT2D eigenvalue weighted by atomic mass is 16.5. The monoisotopic (exact) mass is 408 g/mol. The molecule has 1 saturated heterocycles. The standard InChI is InChI=1S/C25H32N2O3/c1-26-13-12-25(19-10-7-11-21(28)14-19)16-20(15-23(30-3)22(25)17-26)27(2)24(29)18-8-5-4-6-9-18/h4-11,14,20,22-23,28H,12-13,15-17H2,1-3H3/t20-,22?,23?,25?/m0/s1. The molecule has 2 aliphatic rings. The maximum atomic E-state index is 13.2. The van der Waals surface area contributed by atoms with Crippen LogP contribution < -0.4 is 0 Å². The van der Waals surface area contributed by atoms with Gasteiger partial charge in [0.2, 0.25) is 0 Å². The number of benzene rings is 2. The Hall–Kier alpha value is -2.37. The van der Waals surface area contributed by atoms with Crippen LogP contribution in [0.5, 0.6) is 5.75 Å². The van der Waals surface area contributed by atoms with Crippen LogP contribution in [0.3, 0.4) is 0 Å². The number of carbonyl (C=O) groups is 1. The molecule has 0 aromatic heterocycles. The summed E-state index contributed by atoms with van der Waals surface area (Å²) in [4.78, 5) is 17.5. The van der Waals surface area contributed by atoms with E-state index in [4.69, 9.17) is 4.74 Å².